The zero-order valence-corrected chi connectivity index (χ0v) is 11.0. The molecule has 0 unspecified atom stereocenters. The Kier molecular flexibility index (Phi) is 3.90. The van der Waals surface area contributed by atoms with Crippen molar-refractivity contribution in [3.63, 3.8) is 0 Å². The van der Waals surface area contributed by atoms with Crippen LogP contribution < -0.4 is 15.2 Å². The zero-order valence-electron chi connectivity index (χ0n) is 11.0. The Bertz CT molecular complexity index is 737. The van der Waals surface area contributed by atoms with E-state index in [9.17, 15) is 4.79 Å². The number of nitrogens with zero attached hydrogens (tertiary/aromatic N) is 2. The summed E-state index contributed by atoms with van der Waals surface area (Å²) < 4.78 is 10.6. The number of aromatic carboxylic acids is 1. The van der Waals surface area contributed by atoms with Crippen molar-refractivity contribution < 1.29 is 19.4 Å². The van der Waals surface area contributed by atoms with Crippen molar-refractivity contribution in [1.82, 2.24) is 4.98 Å². The minimum Gasteiger partial charge on any atom is -0.493 e. The summed E-state index contributed by atoms with van der Waals surface area (Å²) in [6, 6.07) is 9.19. The normalized spacial score (nSPS) is 9.71. The predicted molar refractivity (Wildman–Crippen MR) is 73.4 cm³/mol. The Morgan fingerprint density at radius 3 is 2.71 bits per heavy atom. The number of hydrogen-bond donors (Lipinski definition) is 2. The summed E-state index contributed by atoms with van der Waals surface area (Å²) in [5.41, 5.74) is 6.11. The van der Waals surface area contributed by atoms with Crippen molar-refractivity contribution in [1.29, 1.82) is 5.26 Å². The second-order valence-corrected chi connectivity index (χ2v) is 3.98. The molecule has 0 spiro atoms. The highest BCUT2D eigenvalue weighted by Gasteiger charge is 2.13. The number of carboxylic acids is 1. The zero-order chi connectivity index (χ0) is 15.4. The van der Waals surface area contributed by atoms with E-state index in [4.69, 9.17) is 25.6 Å². The van der Waals surface area contributed by atoms with Crippen molar-refractivity contribution in [2.75, 3.05) is 12.8 Å². The molecule has 2 aromatic rings. The first-order valence-corrected chi connectivity index (χ1v) is 5.81. The van der Waals surface area contributed by atoms with Crippen molar-refractivity contribution in [2.45, 2.75) is 0 Å². The number of benzene rings is 1. The SMILES string of the molecule is COc1cc(C#N)ccc1Oc1nc(C(=O)O)ccc1N. The van der Waals surface area contributed by atoms with Gasteiger partial charge in [0.05, 0.1) is 24.4 Å². The van der Waals surface area contributed by atoms with Gasteiger partial charge < -0.3 is 20.3 Å². The lowest BCUT2D eigenvalue weighted by Gasteiger charge is -2.11. The molecule has 7 nitrogen and oxygen atoms in total. The van der Waals surface area contributed by atoms with Crippen LogP contribution in [0.2, 0.25) is 0 Å². The third-order valence-corrected chi connectivity index (χ3v) is 2.61. The maximum Gasteiger partial charge on any atom is 0.354 e. The molecule has 0 radical (unpaired) electrons. The number of pyridine rings is 1. The van der Waals surface area contributed by atoms with E-state index >= 15 is 0 Å². The van der Waals surface area contributed by atoms with Gasteiger partial charge in [-0.3, -0.25) is 0 Å². The molecule has 1 aromatic heterocycles. The lowest BCUT2D eigenvalue weighted by Crippen LogP contribution is -2.04. The summed E-state index contributed by atoms with van der Waals surface area (Å²) in [6.07, 6.45) is 0. The van der Waals surface area contributed by atoms with Crippen molar-refractivity contribution in [3.05, 3.63) is 41.6 Å². The van der Waals surface area contributed by atoms with Crippen LogP contribution in [0.3, 0.4) is 0 Å². The van der Waals surface area contributed by atoms with Gasteiger partial charge >= 0.3 is 5.97 Å². The molecule has 1 heterocycles. The number of rotatable bonds is 4. The van der Waals surface area contributed by atoms with E-state index in [2.05, 4.69) is 4.98 Å². The summed E-state index contributed by atoms with van der Waals surface area (Å²) in [6.45, 7) is 0. The molecule has 0 aliphatic rings. The summed E-state index contributed by atoms with van der Waals surface area (Å²) in [5, 5.41) is 17.8. The number of nitrogens with two attached hydrogens (primary N) is 1. The highest BCUT2D eigenvalue weighted by molar-refractivity contribution is 5.86. The fourth-order valence-corrected chi connectivity index (χ4v) is 1.58. The van der Waals surface area contributed by atoms with Gasteiger partial charge in [0.15, 0.2) is 17.2 Å². The van der Waals surface area contributed by atoms with Crippen LogP contribution in [-0.4, -0.2) is 23.2 Å². The molecular formula is C14H11N3O4. The minimum absolute atomic E-state index is 0.0436. The molecule has 0 bridgehead atoms. The molecule has 0 atom stereocenters. The van der Waals surface area contributed by atoms with E-state index in [1.807, 2.05) is 6.07 Å². The van der Waals surface area contributed by atoms with Gasteiger partial charge in [-0.25, -0.2) is 9.78 Å². The average molecular weight is 285 g/mol. The van der Waals surface area contributed by atoms with E-state index in [-0.39, 0.29) is 23.0 Å². The van der Waals surface area contributed by atoms with Crippen LogP contribution in [0.1, 0.15) is 16.1 Å². The van der Waals surface area contributed by atoms with E-state index in [1.165, 1.54) is 37.4 Å². The number of methoxy groups -OCH3 is 1. The predicted octanol–water partition coefficient (Wildman–Crippen LogP) is 2.03. The van der Waals surface area contributed by atoms with Gasteiger partial charge in [-0.05, 0) is 24.3 Å². The van der Waals surface area contributed by atoms with Crippen molar-refractivity contribution in [3.8, 4) is 23.4 Å². The Balaban J connectivity index is 2.40. The molecule has 7 heteroatoms. The van der Waals surface area contributed by atoms with Crippen LogP contribution in [0, 0.1) is 11.3 Å². The number of nitriles is 1. The van der Waals surface area contributed by atoms with Gasteiger partial charge in [0.1, 0.15) is 0 Å². The largest absolute Gasteiger partial charge is 0.493 e. The first kappa shape index (κ1) is 14.1. The molecule has 0 amide bonds. The molecule has 0 aliphatic heterocycles. The van der Waals surface area contributed by atoms with Crippen LogP contribution in [0.15, 0.2) is 30.3 Å². The number of hydrogen-bond acceptors (Lipinski definition) is 6. The maximum absolute atomic E-state index is 10.9. The van der Waals surface area contributed by atoms with Crippen molar-refractivity contribution in [2.24, 2.45) is 0 Å². The van der Waals surface area contributed by atoms with Crippen molar-refractivity contribution >= 4 is 11.7 Å². The smallest absolute Gasteiger partial charge is 0.354 e. The lowest BCUT2D eigenvalue weighted by atomic mass is 10.2. The van der Waals surface area contributed by atoms with E-state index in [0.29, 0.717) is 11.3 Å². The van der Waals surface area contributed by atoms with Gasteiger partial charge in [-0.1, -0.05) is 0 Å². The van der Waals surface area contributed by atoms with E-state index in [1.54, 1.807) is 0 Å². The Morgan fingerprint density at radius 2 is 2.10 bits per heavy atom. The summed E-state index contributed by atoms with van der Waals surface area (Å²) >= 11 is 0. The van der Waals surface area contributed by atoms with Gasteiger partial charge in [-0.15, -0.1) is 0 Å². The molecular weight excluding hydrogens is 274 g/mol. The first-order valence-electron chi connectivity index (χ1n) is 5.81. The molecule has 0 saturated carbocycles. The van der Waals surface area contributed by atoms with E-state index in [0.717, 1.165) is 0 Å². The van der Waals surface area contributed by atoms with E-state index < -0.39 is 5.97 Å². The monoisotopic (exact) mass is 285 g/mol. The number of ether oxygens (including phenoxy) is 2. The molecule has 3 N–H and O–H groups in total. The molecule has 0 saturated heterocycles. The van der Waals surface area contributed by atoms with Crippen LogP contribution in [0.5, 0.6) is 17.4 Å². The topological polar surface area (TPSA) is 118 Å². The standard InChI is InChI=1S/C14H11N3O4/c1-20-12-6-8(7-15)2-5-11(12)21-13-9(16)3-4-10(17-13)14(18)19/h2-6H,16H2,1H3,(H,18,19). The number of carbonyl (C=O) groups is 1. The Morgan fingerprint density at radius 1 is 1.33 bits per heavy atom. The summed E-state index contributed by atoms with van der Waals surface area (Å²) in [5.74, 6) is -0.640. The minimum atomic E-state index is -1.19. The van der Waals surface area contributed by atoms with Gasteiger partial charge in [0, 0.05) is 6.07 Å². The number of anilines is 1. The van der Waals surface area contributed by atoms with Crippen LogP contribution >= 0.6 is 0 Å². The Labute approximate surface area is 120 Å². The number of carboxylic acid groups (broad SMARTS) is 1. The highest BCUT2D eigenvalue weighted by Crippen LogP contribution is 2.33. The molecule has 1 aromatic carbocycles. The molecule has 0 aliphatic carbocycles. The fraction of sp³-hybridized carbons (Fsp3) is 0.0714. The van der Waals surface area contributed by atoms with Crippen LogP contribution in [0.25, 0.3) is 0 Å². The second kappa shape index (κ2) is 5.79. The molecule has 0 fully saturated rings. The lowest BCUT2D eigenvalue weighted by molar-refractivity contribution is 0.0689. The van der Waals surface area contributed by atoms with Gasteiger partial charge in [-0.2, -0.15) is 5.26 Å². The molecule has 2 rings (SSSR count). The first-order chi connectivity index (χ1) is 10.0. The highest BCUT2D eigenvalue weighted by atomic mass is 16.5. The van der Waals surface area contributed by atoms with Crippen LogP contribution in [-0.2, 0) is 0 Å². The summed E-state index contributed by atoms with van der Waals surface area (Å²) in [7, 11) is 1.42. The third-order valence-electron chi connectivity index (χ3n) is 2.61. The quantitative estimate of drug-likeness (QED) is 0.882. The summed E-state index contributed by atoms with van der Waals surface area (Å²) in [4.78, 5) is 14.7. The molecule has 106 valence electrons. The van der Waals surface area contributed by atoms with Gasteiger partial charge in [0.2, 0.25) is 5.88 Å². The molecule has 21 heavy (non-hydrogen) atoms. The third kappa shape index (κ3) is 3.01. The Hall–Kier alpha value is -3.27. The fourth-order valence-electron chi connectivity index (χ4n) is 1.58. The van der Waals surface area contributed by atoms with Crippen LogP contribution in [0.4, 0.5) is 5.69 Å². The number of aromatic nitrogens is 1. The second-order valence-electron chi connectivity index (χ2n) is 3.98. The number of nitrogen functional groups attached to an aromatic ring is 1. The average Bonchev–Trinajstić information content (AvgIpc) is 2.49. The maximum atomic E-state index is 10.9. The van der Waals surface area contributed by atoms with Gasteiger partial charge in [0.25, 0.3) is 0 Å².